The lowest BCUT2D eigenvalue weighted by Gasteiger charge is -2.36. The fourth-order valence-electron chi connectivity index (χ4n) is 4.32. The van der Waals surface area contributed by atoms with Crippen molar-refractivity contribution in [3.63, 3.8) is 0 Å². The predicted octanol–water partition coefficient (Wildman–Crippen LogP) is 3.32. The van der Waals surface area contributed by atoms with E-state index in [0.29, 0.717) is 17.8 Å². The molecule has 0 heterocycles. The second kappa shape index (κ2) is 11.0. The number of rotatable bonds is 8. The first-order valence-corrected chi connectivity index (χ1v) is 10.8. The maximum Gasteiger partial charge on any atom is 0.405 e. The summed E-state index contributed by atoms with van der Waals surface area (Å²) in [7, 11) is 0. The molecule has 2 rings (SSSR count). The summed E-state index contributed by atoms with van der Waals surface area (Å²) < 4.78 is 0. The number of amides is 3. The highest BCUT2D eigenvalue weighted by atomic mass is 16.4. The van der Waals surface area contributed by atoms with E-state index in [1.807, 2.05) is 30.3 Å². The fourth-order valence-corrected chi connectivity index (χ4v) is 4.32. The average Bonchev–Trinajstić information content (AvgIpc) is 2.70. The summed E-state index contributed by atoms with van der Waals surface area (Å²) in [6.07, 6.45) is 1.85. The van der Waals surface area contributed by atoms with Gasteiger partial charge in [0.2, 0.25) is 11.8 Å². The Morgan fingerprint density at radius 1 is 1.07 bits per heavy atom. The van der Waals surface area contributed by atoms with E-state index in [9.17, 15) is 14.4 Å². The van der Waals surface area contributed by atoms with E-state index in [2.05, 4.69) is 36.7 Å². The van der Waals surface area contributed by atoms with Crippen LogP contribution in [0.15, 0.2) is 30.3 Å². The number of carbonyl (C=O) groups is 3. The number of hydrogen-bond acceptors (Lipinski definition) is 3. The predicted molar refractivity (Wildman–Crippen MR) is 116 cm³/mol. The highest BCUT2D eigenvalue weighted by Gasteiger charge is 2.35. The molecule has 30 heavy (non-hydrogen) atoms. The number of carbonyl (C=O) groups excluding carboxylic acids is 2. The molecule has 0 aliphatic heterocycles. The van der Waals surface area contributed by atoms with Crippen LogP contribution in [-0.2, 0) is 9.59 Å². The van der Waals surface area contributed by atoms with E-state index in [0.717, 1.165) is 24.8 Å². The van der Waals surface area contributed by atoms with Gasteiger partial charge in [-0.05, 0) is 43.1 Å². The van der Waals surface area contributed by atoms with Gasteiger partial charge in [0, 0.05) is 12.5 Å². The Bertz CT molecular complexity index is 722. The van der Waals surface area contributed by atoms with Gasteiger partial charge in [-0.1, -0.05) is 57.5 Å². The van der Waals surface area contributed by atoms with E-state index in [4.69, 9.17) is 5.11 Å². The summed E-state index contributed by atoms with van der Waals surface area (Å²) in [6.45, 7) is 8.28. The molecule has 1 aromatic rings. The van der Waals surface area contributed by atoms with E-state index in [1.54, 1.807) is 0 Å². The lowest BCUT2D eigenvalue weighted by atomic mass is 9.70. The molecule has 7 nitrogen and oxygen atoms in total. The van der Waals surface area contributed by atoms with Crippen molar-refractivity contribution in [2.75, 3.05) is 6.54 Å². The van der Waals surface area contributed by atoms with Crippen molar-refractivity contribution in [3.05, 3.63) is 35.9 Å². The lowest BCUT2D eigenvalue weighted by molar-refractivity contribution is -0.130. The van der Waals surface area contributed by atoms with Gasteiger partial charge in [-0.25, -0.2) is 4.79 Å². The smallest absolute Gasteiger partial charge is 0.405 e. The van der Waals surface area contributed by atoms with Gasteiger partial charge in [-0.15, -0.1) is 0 Å². The zero-order chi connectivity index (χ0) is 22.3. The molecule has 7 heteroatoms. The van der Waals surface area contributed by atoms with Crippen LogP contribution in [0.1, 0.15) is 58.6 Å². The van der Waals surface area contributed by atoms with Crippen LogP contribution in [0.2, 0.25) is 0 Å². The van der Waals surface area contributed by atoms with Crippen molar-refractivity contribution < 1.29 is 19.5 Å². The standard InChI is InChI=1S/C23H35N3O4/c1-14(2)18-11-10-15(3)12-19(18)22(28)24-13-20(17-8-6-5-7-9-17)26-21(27)16(4)25-23(29)30/h5-9,14-16,18-20,25H,10-13H2,1-4H3,(H,24,28)(H,26,27)(H,29,30)/t15-,16?,18+,19-,20?/m1/s1. The topological polar surface area (TPSA) is 108 Å². The number of nitrogens with one attached hydrogen (secondary N) is 3. The van der Waals surface area contributed by atoms with Gasteiger partial charge in [0.1, 0.15) is 6.04 Å². The third-order valence-electron chi connectivity index (χ3n) is 6.09. The van der Waals surface area contributed by atoms with Gasteiger partial charge in [0.05, 0.1) is 6.04 Å². The van der Waals surface area contributed by atoms with E-state index >= 15 is 0 Å². The first-order valence-electron chi connectivity index (χ1n) is 10.8. The molecule has 166 valence electrons. The van der Waals surface area contributed by atoms with Crippen LogP contribution in [0.5, 0.6) is 0 Å². The van der Waals surface area contributed by atoms with Crippen LogP contribution < -0.4 is 16.0 Å². The summed E-state index contributed by atoms with van der Waals surface area (Å²) in [5.74, 6) is 0.919. The minimum absolute atomic E-state index is 0.0199. The van der Waals surface area contributed by atoms with Crippen molar-refractivity contribution >= 4 is 17.9 Å². The molecule has 1 fully saturated rings. The number of carboxylic acid groups (broad SMARTS) is 1. The van der Waals surface area contributed by atoms with Crippen LogP contribution in [0.25, 0.3) is 0 Å². The fraction of sp³-hybridized carbons (Fsp3) is 0.609. The Labute approximate surface area is 179 Å². The Morgan fingerprint density at radius 2 is 1.73 bits per heavy atom. The SMILES string of the molecule is CC(NC(=O)O)C(=O)NC(CNC(=O)[C@@H]1C[C@H](C)CC[C@H]1C(C)C)c1ccccc1. The molecule has 1 aromatic carbocycles. The van der Waals surface area contributed by atoms with Crippen LogP contribution in [0.4, 0.5) is 4.79 Å². The molecule has 0 aromatic heterocycles. The zero-order valence-corrected chi connectivity index (χ0v) is 18.4. The monoisotopic (exact) mass is 417 g/mol. The quantitative estimate of drug-likeness (QED) is 0.520. The van der Waals surface area contributed by atoms with E-state index < -0.39 is 24.1 Å². The normalized spacial score (nSPS) is 23.3. The number of hydrogen-bond donors (Lipinski definition) is 4. The summed E-state index contributed by atoms with van der Waals surface area (Å²) >= 11 is 0. The lowest BCUT2D eigenvalue weighted by Crippen LogP contribution is -2.48. The summed E-state index contributed by atoms with van der Waals surface area (Å²) in [5, 5.41) is 16.9. The molecule has 5 atom stereocenters. The van der Waals surface area contributed by atoms with Crippen molar-refractivity contribution in [1.82, 2.24) is 16.0 Å². The molecule has 0 saturated heterocycles. The second-order valence-electron chi connectivity index (χ2n) is 8.82. The average molecular weight is 418 g/mol. The minimum atomic E-state index is -1.26. The molecule has 0 spiro atoms. The van der Waals surface area contributed by atoms with E-state index in [-0.39, 0.29) is 18.4 Å². The maximum atomic E-state index is 13.0. The third kappa shape index (κ3) is 6.75. The summed E-state index contributed by atoms with van der Waals surface area (Å²) in [5.41, 5.74) is 0.853. The Morgan fingerprint density at radius 3 is 2.33 bits per heavy atom. The molecule has 4 N–H and O–H groups in total. The third-order valence-corrected chi connectivity index (χ3v) is 6.09. The molecule has 1 aliphatic rings. The molecule has 0 bridgehead atoms. The van der Waals surface area contributed by atoms with Gasteiger partial charge < -0.3 is 21.1 Å². The van der Waals surface area contributed by atoms with Crippen molar-refractivity contribution in [3.8, 4) is 0 Å². The Kier molecular flexibility index (Phi) is 8.69. The van der Waals surface area contributed by atoms with Gasteiger partial charge >= 0.3 is 6.09 Å². The van der Waals surface area contributed by atoms with Crippen LogP contribution >= 0.6 is 0 Å². The molecule has 2 unspecified atom stereocenters. The van der Waals surface area contributed by atoms with Crippen molar-refractivity contribution in [2.24, 2.45) is 23.7 Å². The Hall–Kier alpha value is -2.57. The molecule has 1 saturated carbocycles. The Balaban J connectivity index is 2.07. The van der Waals surface area contributed by atoms with Gasteiger partial charge in [-0.3, -0.25) is 9.59 Å². The molecule has 3 amide bonds. The summed E-state index contributed by atoms with van der Waals surface area (Å²) in [6, 6.07) is 8.04. The molecular formula is C23H35N3O4. The van der Waals surface area contributed by atoms with Crippen LogP contribution in [0.3, 0.4) is 0 Å². The minimum Gasteiger partial charge on any atom is -0.465 e. The van der Waals surface area contributed by atoms with Crippen molar-refractivity contribution in [1.29, 1.82) is 0 Å². The van der Waals surface area contributed by atoms with Crippen LogP contribution in [0, 0.1) is 23.7 Å². The van der Waals surface area contributed by atoms with Crippen LogP contribution in [-0.4, -0.2) is 35.6 Å². The molecule has 0 radical (unpaired) electrons. The number of benzene rings is 1. The van der Waals surface area contributed by atoms with Gasteiger partial charge in [0.25, 0.3) is 0 Å². The highest BCUT2D eigenvalue weighted by molar-refractivity contribution is 5.85. The zero-order valence-electron chi connectivity index (χ0n) is 18.4. The first-order chi connectivity index (χ1) is 14.2. The van der Waals surface area contributed by atoms with Gasteiger partial charge in [0.15, 0.2) is 0 Å². The van der Waals surface area contributed by atoms with E-state index in [1.165, 1.54) is 6.92 Å². The highest BCUT2D eigenvalue weighted by Crippen LogP contribution is 2.38. The molecule has 1 aliphatic carbocycles. The maximum absolute atomic E-state index is 13.0. The van der Waals surface area contributed by atoms with Gasteiger partial charge in [-0.2, -0.15) is 0 Å². The van der Waals surface area contributed by atoms with Crippen molar-refractivity contribution in [2.45, 2.75) is 59.0 Å². The molecular weight excluding hydrogens is 382 g/mol. The largest absolute Gasteiger partial charge is 0.465 e. The second-order valence-corrected chi connectivity index (χ2v) is 8.82. The summed E-state index contributed by atoms with van der Waals surface area (Å²) in [4.78, 5) is 36.3. The first kappa shape index (κ1) is 23.7.